The first-order valence-electron chi connectivity index (χ1n) is 5.43. The Kier molecular flexibility index (Phi) is 3.49. The summed E-state index contributed by atoms with van der Waals surface area (Å²) in [4.78, 5) is 0. The van der Waals surface area contributed by atoms with E-state index in [1.54, 1.807) is 6.20 Å². The lowest BCUT2D eigenvalue weighted by Crippen LogP contribution is -2.18. The first-order chi connectivity index (χ1) is 7.84. The van der Waals surface area contributed by atoms with Crippen LogP contribution < -0.4 is 5.32 Å². The maximum Gasteiger partial charge on any atom is 0.148 e. The second kappa shape index (κ2) is 5.26. The quantitative estimate of drug-likeness (QED) is 0.848. The van der Waals surface area contributed by atoms with E-state index in [9.17, 15) is 0 Å². The van der Waals surface area contributed by atoms with Crippen molar-refractivity contribution in [1.82, 2.24) is 10.2 Å². The van der Waals surface area contributed by atoms with Crippen LogP contribution in [0.25, 0.3) is 0 Å². The largest absolute Gasteiger partial charge is 0.366 e. The molecule has 0 aliphatic carbocycles. The van der Waals surface area contributed by atoms with E-state index in [1.807, 2.05) is 18.2 Å². The molecule has 3 nitrogen and oxygen atoms in total. The van der Waals surface area contributed by atoms with Crippen molar-refractivity contribution in [2.75, 3.05) is 5.32 Å². The molecule has 0 saturated carbocycles. The van der Waals surface area contributed by atoms with Crippen LogP contribution in [0, 0.1) is 0 Å². The molecular formula is C13H15N3. The highest BCUT2D eigenvalue weighted by molar-refractivity contribution is 5.33. The molecule has 0 radical (unpaired) electrons. The Hall–Kier alpha value is -1.90. The van der Waals surface area contributed by atoms with Gasteiger partial charge in [-0.3, -0.25) is 0 Å². The van der Waals surface area contributed by atoms with Gasteiger partial charge in [-0.2, -0.15) is 5.10 Å². The molecule has 0 aliphatic heterocycles. The minimum Gasteiger partial charge on any atom is -0.366 e. The summed E-state index contributed by atoms with van der Waals surface area (Å²) in [6.07, 6.45) is 2.66. The maximum atomic E-state index is 4.00. The van der Waals surface area contributed by atoms with Gasteiger partial charge >= 0.3 is 0 Å². The molecular weight excluding hydrogens is 198 g/mol. The molecule has 1 unspecified atom stereocenters. The zero-order valence-corrected chi connectivity index (χ0v) is 9.30. The van der Waals surface area contributed by atoms with Gasteiger partial charge < -0.3 is 5.32 Å². The summed E-state index contributed by atoms with van der Waals surface area (Å²) >= 11 is 0. The van der Waals surface area contributed by atoms with Crippen LogP contribution >= 0.6 is 0 Å². The van der Waals surface area contributed by atoms with Crippen LogP contribution in [0.15, 0.2) is 48.7 Å². The molecule has 2 aromatic rings. The number of rotatable bonds is 4. The van der Waals surface area contributed by atoms with E-state index >= 15 is 0 Å². The fourth-order valence-corrected chi connectivity index (χ4v) is 1.65. The lowest BCUT2D eigenvalue weighted by molar-refractivity contribution is 0.779. The summed E-state index contributed by atoms with van der Waals surface area (Å²) in [5.74, 6) is 0.825. The molecule has 0 bridgehead atoms. The summed E-state index contributed by atoms with van der Waals surface area (Å²) in [6.45, 7) is 2.14. The van der Waals surface area contributed by atoms with Crippen molar-refractivity contribution in [1.29, 1.82) is 0 Å². The summed E-state index contributed by atoms with van der Waals surface area (Å²) in [5.41, 5.74) is 1.33. The zero-order valence-electron chi connectivity index (χ0n) is 9.30. The predicted molar refractivity (Wildman–Crippen MR) is 65.3 cm³/mol. The van der Waals surface area contributed by atoms with Crippen LogP contribution in [0.3, 0.4) is 0 Å². The number of benzene rings is 1. The number of aromatic nitrogens is 2. The molecule has 0 spiro atoms. The van der Waals surface area contributed by atoms with Gasteiger partial charge in [0.1, 0.15) is 5.82 Å². The third-order valence-electron chi connectivity index (χ3n) is 2.35. The van der Waals surface area contributed by atoms with Crippen LogP contribution in [0.4, 0.5) is 5.82 Å². The average molecular weight is 213 g/mol. The van der Waals surface area contributed by atoms with E-state index in [-0.39, 0.29) is 0 Å². The second-order valence-corrected chi connectivity index (χ2v) is 3.84. The van der Waals surface area contributed by atoms with Crippen molar-refractivity contribution in [3.05, 3.63) is 54.2 Å². The van der Waals surface area contributed by atoms with Gasteiger partial charge in [-0.05, 0) is 31.0 Å². The van der Waals surface area contributed by atoms with E-state index in [0.717, 1.165) is 12.2 Å². The molecule has 1 atom stereocenters. The van der Waals surface area contributed by atoms with Crippen molar-refractivity contribution in [2.45, 2.75) is 19.4 Å². The summed E-state index contributed by atoms with van der Waals surface area (Å²) < 4.78 is 0. The average Bonchev–Trinajstić information content (AvgIpc) is 2.31. The maximum absolute atomic E-state index is 4.00. The Morgan fingerprint density at radius 3 is 2.62 bits per heavy atom. The smallest absolute Gasteiger partial charge is 0.148 e. The van der Waals surface area contributed by atoms with Crippen LogP contribution in [0.1, 0.15) is 12.5 Å². The lowest BCUT2D eigenvalue weighted by atomic mass is 10.1. The number of anilines is 1. The molecule has 1 heterocycles. The molecule has 3 heteroatoms. The fraction of sp³-hybridized carbons (Fsp3) is 0.231. The highest BCUT2D eigenvalue weighted by Gasteiger charge is 2.03. The second-order valence-electron chi connectivity index (χ2n) is 3.84. The molecule has 0 saturated heterocycles. The summed E-state index contributed by atoms with van der Waals surface area (Å²) in [6, 6.07) is 14.6. The van der Waals surface area contributed by atoms with Gasteiger partial charge in [0, 0.05) is 12.2 Å². The SMILES string of the molecule is CC(Cc1ccccc1)Nc1cccnn1. The molecule has 0 fully saturated rings. The van der Waals surface area contributed by atoms with E-state index < -0.39 is 0 Å². The van der Waals surface area contributed by atoms with Crippen molar-refractivity contribution in [2.24, 2.45) is 0 Å². The minimum atomic E-state index is 0.346. The van der Waals surface area contributed by atoms with Crippen molar-refractivity contribution in [3.63, 3.8) is 0 Å². The number of nitrogens with one attached hydrogen (secondary N) is 1. The van der Waals surface area contributed by atoms with E-state index in [1.165, 1.54) is 5.56 Å². The standard InChI is InChI=1S/C13H15N3/c1-11(10-12-6-3-2-4-7-12)15-13-8-5-9-14-16-13/h2-9,11H,10H2,1H3,(H,15,16). The Balaban J connectivity index is 1.92. The predicted octanol–water partition coefficient (Wildman–Crippen LogP) is 2.52. The van der Waals surface area contributed by atoms with E-state index in [0.29, 0.717) is 6.04 Å². The fourth-order valence-electron chi connectivity index (χ4n) is 1.65. The molecule has 2 rings (SSSR count). The Bertz CT molecular complexity index is 372. The molecule has 82 valence electrons. The van der Waals surface area contributed by atoms with Crippen LogP contribution in [-0.4, -0.2) is 16.2 Å². The number of nitrogens with zero attached hydrogens (tertiary/aromatic N) is 2. The topological polar surface area (TPSA) is 37.8 Å². The van der Waals surface area contributed by atoms with Crippen molar-refractivity contribution in [3.8, 4) is 0 Å². The first-order valence-corrected chi connectivity index (χ1v) is 5.43. The van der Waals surface area contributed by atoms with Crippen LogP contribution in [0.5, 0.6) is 0 Å². The number of hydrogen-bond donors (Lipinski definition) is 1. The van der Waals surface area contributed by atoms with Gasteiger partial charge in [-0.1, -0.05) is 30.3 Å². The van der Waals surface area contributed by atoms with E-state index in [2.05, 4.69) is 46.7 Å². The van der Waals surface area contributed by atoms with E-state index in [4.69, 9.17) is 0 Å². The van der Waals surface area contributed by atoms with Crippen LogP contribution in [-0.2, 0) is 6.42 Å². The summed E-state index contributed by atoms with van der Waals surface area (Å²) in [7, 11) is 0. The molecule has 0 amide bonds. The minimum absolute atomic E-state index is 0.346. The summed E-state index contributed by atoms with van der Waals surface area (Å²) in [5, 5.41) is 11.1. The molecule has 0 aliphatic rings. The molecule has 1 aromatic carbocycles. The Morgan fingerprint density at radius 2 is 1.94 bits per heavy atom. The molecule has 1 aromatic heterocycles. The van der Waals surface area contributed by atoms with Gasteiger partial charge in [-0.15, -0.1) is 5.10 Å². The normalized spacial score (nSPS) is 12.1. The number of hydrogen-bond acceptors (Lipinski definition) is 3. The highest BCUT2D eigenvalue weighted by Crippen LogP contribution is 2.07. The third kappa shape index (κ3) is 3.05. The lowest BCUT2D eigenvalue weighted by Gasteiger charge is -2.13. The van der Waals surface area contributed by atoms with Gasteiger partial charge in [0.2, 0.25) is 0 Å². The Morgan fingerprint density at radius 1 is 1.12 bits per heavy atom. The Labute approximate surface area is 95.5 Å². The first kappa shape index (κ1) is 10.6. The third-order valence-corrected chi connectivity index (χ3v) is 2.35. The van der Waals surface area contributed by atoms with Gasteiger partial charge in [0.05, 0.1) is 0 Å². The van der Waals surface area contributed by atoms with Gasteiger partial charge in [0.15, 0.2) is 0 Å². The van der Waals surface area contributed by atoms with Gasteiger partial charge in [-0.25, -0.2) is 0 Å². The molecule has 1 N–H and O–H groups in total. The zero-order chi connectivity index (χ0) is 11.2. The molecule has 16 heavy (non-hydrogen) atoms. The van der Waals surface area contributed by atoms with Crippen LogP contribution in [0.2, 0.25) is 0 Å². The highest BCUT2D eigenvalue weighted by atomic mass is 15.2. The van der Waals surface area contributed by atoms with Crippen molar-refractivity contribution >= 4 is 5.82 Å². The van der Waals surface area contributed by atoms with Gasteiger partial charge in [0.25, 0.3) is 0 Å². The van der Waals surface area contributed by atoms with Crippen molar-refractivity contribution < 1.29 is 0 Å². The monoisotopic (exact) mass is 213 g/mol.